The number of methoxy groups -OCH3 is 2. The van der Waals surface area contributed by atoms with Gasteiger partial charge in [0.2, 0.25) is 5.91 Å². The molecule has 0 aliphatic rings. The Kier molecular flexibility index (Phi) is 14.9. The molecular weight excluding hydrogens is 424 g/mol. The first kappa shape index (κ1) is 29.2. The van der Waals surface area contributed by atoms with Gasteiger partial charge in [-0.15, -0.1) is 0 Å². The summed E-state index contributed by atoms with van der Waals surface area (Å²) in [6, 6.07) is 13.0. The number of allylic oxidation sites excluding steroid dienone is 1. The lowest BCUT2D eigenvalue weighted by Gasteiger charge is -2.25. The number of hydrogen-bond donors (Lipinski definition) is 2. The van der Waals surface area contributed by atoms with Crippen molar-refractivity contribution in [2.45, 2.75) is 33.6 Å². The van der Waals surface area contributed by atoms with Gasteiger partial charge in [-0.25, -0.2) is 0 Å². The number of para-hydroxylation sites is 1. The summed E-state index contributed by atoms with van der Waals surface area (Å²) < 4.78 is 10.8. The Morgan fingerprint density at radius 1 is 1.06 bits per heavy atom. The Morgan fingerprint density at radius 2 is 1.67 bits per heavy atom. The zero-order valence-electron chi connectivity index (χ0n) is 20.1. The summed E-state index contributed by atoms with van der Waals surface area (Å²) in [5.74, 6) is 1.15. The van der Waals surface area contributed by atoms with Crippen molar-refractivity contribution in [1.82, 2.24) is 0 Å². The predicted molar refractivity (Wildman–Crippen MR) is 132 cm³/mol. The molecule has 0 aliphatic heterocycles. The average Bonchev–Trinajstić information content (AvgIpc) is 2.84. The van der Waals surface area contributed by atoms with Gasteiger partial charge >= 0.3 is 0 Å². The minimum atomic E-state index is -0.250. The monoisotopic (exact) mass is 458 g/mol. The highest BCUT2D eigenvalue weighted by atomic mass is 16.5. The summed E-state index contributed by atoms with van der Waals surface area (Å²) in [6.07, 6.45) is 3.41. The van der Waals surface area contributed by atoms with Gasteiger partial charge in [0.05, 0.1) is 25.6 Å². The number of aldehydes is 1. The van der Waals surface area contributed by atoms with E-state index < -0.39 is 0 Å². The molecule has 0 fully saturated rings. The van der Waals surface area contributed by atoms with Crippen molar-refractivity contribution < 1.29 is 29.0 Å². The van der Waals surface area contributed by atoms with E-state index in [2.05, 4.69) is 5.32 Å². The van der Waals surface area contributed by atoms with Crippen LogP contribution in [-0.4, -0.2) is 45.0 Å². The fourth-order valence-electron chi connectivity index (χ4n) is 2.88. The summed E-state index contributed by atoms with van der Waals surface area (Å²) in [7, 11) is 4.99. The van der Waals surface area contributed by atoms with Gasteiger partial charge in [-0.3, -0.25) is 14.4 Å². The molecule has 0 aromatic heterocycles. The van der Waals surface area contributed by atoms with Crippen LogP contribution in [0.25, 0.3) is 5.70 Å². The van der Waals surface area contributed by atoms with Crippen LogP contribution in [-0.2, 0) is 14.4 Å². The molecule has 1 amide bonds. The first-order valence-electron chi connectivity index (χ1n) is 10.6. The zero-order chi connectivity index (χ0) is 25.2. The summed E-state index contributed by atoms with van der Waals surface area (Å²) in [5, 5.41) is 9.78. The molecule has 0 unspecified atom stereocenters. The smallest absolute Gasteiger partial charge is 0.290 e. The number of amides is 1. The van der Waals surface area contributed by atoms with Crippen molar-refractivity contribution in [3.63, 3.8) is 0 Å². The number of carboxylic acid groups (broad SMARTS) is 1. The number of carbonyl (C=O) groups is 3. The molecule has 2 rings (SSSR count). The van der Waals surface area contributed by atoms with E-state index in [4.69, 9.17) is 19.4 Å². The van der Waals surface area contributed by atoms with Crippen molar-refractivity contribution in [2.24, 2.45) is 0 Å². The molecule has 33 heavy (non-hydrogen) atoms. The molecule has 8 heteroatoms. The van der Waals surface area contributed by atoms with Crippen molar-refractivity contribution in [3.8, 4) is 11.5 Å². The highest BCUT2D eigenvalue weighted by molar-refractivity contribution is 5.94. The lowest BCUT2D eigenvalue weighted by Crippen LogP contribution is -2.17. The van der Waals surface area contributed by atoms with Crippen molar-refractivity contribution >= 4 is 35.7 Å². The molecule has 0 radical (unpaired) electrons. The number of hydrogen-bond acceptors (Lipinski definition) is 6. The van der Waals surface area contributed by atoms with Gasteiger partial charge in [-0.05, 0) is 36.8 Å². The zero-order valence-corrected chi connectivity index (χ0v) is 20.1. The Labute approximate surface area is 195 Å². The van der Waals surface area contributed by atoms with Gasteiger partial charge in [0.15, 0.2) is 0 Å². The van der Waals surface area contributed by atoms with Gasteiger partial charge in [-0.2, -0.15) is 0 Å². The van der Waals surface area contributed by atoms with Crippen LogP contribution in [0.4, 0.5) is 11.4 Å². The van der Waals surface area contributed by atoms with E-state index in [1.54, 1.807) is 20.3 Å². The molecule has 2 aromatic carbocycles. The van der Waals surface area contributed by atoms with Crippen LogP contribution in [0.2, 0.25) is 0 Å². The van der Waals surface area contributed by atoms with Crippen LogP contribution >= 0.6 is 0 Å². The number of benzene rings is 2. The van der Waals surface area contributed by atoms with Crippen LogP contribution in [0, 0.1) is 0 Å². The Morgan fingerprint density at radius 3 is 2.21 bits per heavy atom. The number of anilines is 2. The Balaban J connectivity index is 0.00000189. The second-order valence-corrected chi connectivity index (χ2v) is 6.24. The molecule has 0 saturated heterocycles. The average molecular weight is 459 g/mol. The second-order valence-electron chi connectivity index (χ2n) is 6.24. The summed E-state index contributed by atoms with van der Waals surface area (Å²) in [4.78, 5) is 33.6. The fraction of sp³-hybridized carbons (Fsp3) is 0.320. The first-order valence-corrected chi connectivity index (χ1v) is 10.6. The fourth-order valence-corrected chi connectivity index (χ4v) is 2.88. The maximum Gasteiger partial charge on any atom is 0.290 e. The molecule has 0 atom stereocenters. The molecule has 0 bridgehead atoms. The van der Waals surface area contributed by atoms with E-state index in [9.17, 15) is 9.59 Å². The molecule has 0 aliphatic carbocycles. The van der Waals surface area contributed by atoms with Crippen LogP contribution < -0.4 is 19.7 Å². The van der Waals surface area contributed by atoms with E-state index in [0.29, 0.717) is 29.3 Å². The molecule has 0 heterocycles. The molecule has 180 valence electrons. The van der Waals surface area contributed by atoms with E-state index in [1.807, 2.05) is 69.1 Å². The van der Waals surface area contributed by atoms with E-state index >= 15 is 0 Å². The van der Waals surface area contributed by atoms with Crippen LogP contribution in [0.3, 0.4) is 0 Å². The van der Waals surface area contributed by atoms with Crippen LogP contribution in [0.1, 0.15) is 39.2 Å². The maximum absolute atomic E-state index is 12.0. The van der Waals surface area contributed by atoms with Gasteiger partial charge in [0.25, 0.3) is 6.47 Å². The molecule has 8 nitrogen and oxygen atoms in total. The quantitative estimate of drug-likeness (QED) is 0.409. The van der Waals surface area contributed by atoms with Crippen LogP contribution in [0.5, 0.6) is 11.5 Å². The Hall–Kier alpha value is -3.81. The number of ether oxygens (including phenoxy) is 2. The third-order valence-corrected chi connectivity index (χ3v) is 4.29. The highest BCUT2D eigenvalue weighted by Gasteiger charge is 2.16. The third-order valence-electron chi connectivity index (χ3n) is 4.29. The van der Waals surface area contributed by atoms with Gasteiger partial charge < -0.3 is 24.8 Å². The SMILES string of the molecule is CC.CCCC(=O)Nc1cc(N(C)/C(=C/C=O)c2ccccc2OC)ccc1OC.O=CO. The van der Waals surface area contributed by atoms with Gasteiger partial charge in [-0.1, -0.05) is 32.9 Å². The predicted octanol–water partition coefficient (Wildman–Crippen LogP) is 4.85. The molecule has 0 saturated carbocycles. The third kappa shape index (κ3) is 9.06. The highest BCUT2D eigenvalue weighted by Crippen LogP contribution is 2.34. The van der Waals surface area contributed by atoms with Gasteiger partial charge in [0.1, 0.15) is 17.8 Å². The lowest BCUT2D eigenvalue weighted by molar-refractivity contribution is -0.123. The maximum atomic E-state index is 12.0. The summed E-state index contributed by atoms with van der Waals surface area (Å²) in [6.45, 7) is 5.70. The van der Waals surface area contributed by atoms with Crippen molar-refractivity contribution in [2.75, 3.05) is 31.5 Å². The van der Waals surface area contributed by atoms with Gasteiger partial charge in [0, 0.05) is 30.8 Å². The molecule has 0 spiro atoms. The number of nitrogens with one attached hydrogen (secondary N) is 1. The van der Waals surface area contributed by atoms with Crippen molar-refractivity contribution in [1.29, 1.82) is 0 Å². The lowest BCUT2D eigenvalue weighted by atomic mass is 10.1. The number of carbonyl (C=O) groups excluding carboxylic acids is 2. The molecule has 2 aromatic rings. The topological polar surface area (TPSA) is 105 Å². The number of rotatable bonds is 9. The minimum Gasteiger partial charge on any atom is -0.496 e. The van der Waals surface area contributed by atoms with E-state index in [1.165, 1.54) is 6.08 Å². The normalized spacial score (nSPS) is 9.82. The first-order chi connectivity index (χ1) is 16.0. The van der Waals surface area contributed by atoms with E-state index in [-0.39, 0.29) is 12.4 Å². The standard InChI is InChI=1S/C22H26N2O4.C2H6.CH2O2/c1-5-8-22(26)23-18-15-16(11-12-21(18)28-4)24(2)19(13-14-25)17-9-6-7-10-20(17)27-3;1-2;2-1-3/h6-7,9-15H,5,8H2,1-4H3,(H,23,26);1-2H3;1H,(H,2,3)/b19-13+;;. The Bertz CT molecular complexity index is 912. The molecule has 2 N–H and O–H groups in total. The summed E-state index contributed by atoms with van der Waals surface area (Å²) >= 11 is 0. The summed E-state index contributed by atoms with van der Waals surface area (Å²) in [5.41, 5.74) is 2.82. The molecular formula is C25H34N2O6. The largest absolute Gasteiger partial charge is 0.496 e. The minimum absolute atomic E-state index is 0.0750. The second kappa shape index (κ2) is 16.8. The van der Waals surface area contributed by atoms with Crippen LogP contribution in [0.15, 0.2) is 48.5 Å². The number of nitrogens with zero attached hydrogens (tertiary/aromatic N) is 1. The van der Waals surface area contributed by atoms with E-state index in [0.717, 1.165) is 24.0 Å². The van der Waals surface area contributed by atoms with Crippen molar-refractivity contribution in [3.05, 3.63) is 54.1 Å².